The summed E-state index contributed by atoms with van der Waals surface area (Å²) in [7, 11) is 1.88. The highest BCUT2D eigenvalue weighted by molar-refractivity contribution is 5.86. The maximum Gasteiger partial charge on any atom is 0.242 e. The van der Waals surface area contributed by atoms with E-state index in [1.54, 1.807) is 0 Å². The maximum atomic E-state index is 13.1. The minimum absolute atomic E-state index is 0.0814. The summed E-state index contributed by atoms with van der Waals surface area (Å²) in [6.45, 7) is 6.54. The lowest BCUT2D eigenvalue weighted by atomic mass is 9.78. The van der Waals surface area contributed by atoms with Gasteiger partial charge in [-0.05, 0) is 31.4 Å². The molecule has 1 aromatic carbocycles. The normalized spacial score (nSPS) is 23.2. The summed E-state index contributed by atoms with van der Waals surface area (Å²) in [5, 5.41) is 0. The largest absolute Gasteiger partial charge is 0.345 e. The van der Waals surface area contributed by atoms with Crippen LogP contribution in [0.15, 0.2) is 24.3 Å². The Morgan fingerprint density at radius 3 is 2.78 bits per heavy atom. The minimum atomic E-state index is -0.361. The van der Waals surface area contributed by atoms with Crippen LogP contribution in [0.5, 0.6) is 0 Å². The first kappa shape index (κ1) is 18.0. The zero-order chi connectivity index (χ0) is 19.2. The third kappa shape index (κ3) is 3.01. The minimum Gasteiger partial charge on any atom is -0.345 e. The Hall–Kier alpha value is -2.37. The monoisotopic (exact) mass is 368 g/mol. The van der Waals surface area contributed by atoms with Crippen LogP contribution in [0.25, 0.3) is 11.0 Å². The molecule has 0 N–H and O–H groups in total. The second-order valence-electron chi connectivity index (χ2n) is 8.38. The van der Waals surface area contributed by atoms with E-state index < -0.39 is 0 Å². The zero-order valence-corrected chi connectivity index (χ0v) is 16.4. The molecule has 0 bridgehead atoms. The Morgan fingerprint density at radius 2 is 2.00 bits per heavy atom. The van der Waals surface area contributed by atoms with E-state index in [0.717, 1.165) is 42.7 Å². The Balaban J connectivity index is 1.56. The first-order valence-electron chi connectivity index (χ1n) is 9.90. The van der Waals surface area contributed by atoms with Gasteiger partial charge in [0.2, 0.25) is 11.8 Å². The Bertz CT molecular complexity index is 887. The van der Waals surface area contributed by atoms with Crippen LogP contribution in [0.1, 0.15) is 44.9 Å². The van der Waals surface area contributed by atoms with Crippen molar-refractivity contribution in [3.05, 3.63) is 30.1 Å². The van der Waals surface area contributed by atoms with Crippen molar-refractivity contribution in [3.63, 3.8) is 0 Å². The average Bonchev–Trinajstić information content (AvgIpc) is 3.23. The van der Waals surface area contributed by atoms with E-state index >= 15 is 0 Å². The molecule has 2 aliphatic heterocycles. The van der Waals surface area contributed by atoms with Crippen molar-refractivity contribution in [2.75, 3.05) is 26.7 Å². The van der Waals surface area contributed by atoms with Gasteiger partial charge in [-0.1, -0.05) is 26.0 Å². The van der Waals surface area contributed by atoms with Gasteiger partial charge < -0.3 is 14.4 Å². The molecule has 2 fully saturated rings. The van der Waals surface area contributed by atoms with Crippen molar-refractivity contribution in [1.82, 2.24) is 19.4 Å². The van der Waals surface area contributed by atoms with Crippen molar-refractivity contribution in [3.8, 4) is 0 Å². The predicted molar refractivity (Wildman–Crippen MR) is 104 cm³/mol. The number of aromatic nitrogens is 2. The van der Waals surface area contributed by atoms with E-state index in [9.17, 15) is 9.59 Å². The summed E-state index contributed by atoms with van der Waals surface area (Å²) in [6, 6.07) is 7.97. The average molecular weight is 368 g/mol. The molecule has 6 nitrogen and oxygen atoms in total. The van der Waals surface area contributed by atoms with E-state index in [4.69, 9.17) is 4.98 Å². The predicted octanol–water partition coefficient (Wildman–Crippen LogP) is 2.63. The summed E-state index contributed by atoms with van der Waals surface area (Å²) in [5.74, 6) is 1.47. The molecule has 6 heteroatoms. The molecule has 0 saturated carbocycles. The topological polar surface area (TPSA) is 58.4 Å². The number of hydrogen-bond acceptors (Lipinski definition) is 3. The number of piperidine rings is 1. The van der Waals surface area contributed by atoms with Gasteiger partial charge in [0.25, 0.3) is 0 Å². The fourth-order valence-corrected chi connectivity index (χ4v) is 4.67. The molecule has 4 rings (SSSR count). The van der Waals surface area contributed by atoms with Crippen LogP contribution in [-0.4, -0.2) is 57.8 Å². The Morgan fingerprint density at radius 1 is 1.22 bits per heavy atom. The maximum absolute atomic E-state index is 13.1. The highest BCUT2D eigenvalue weighted by Gasteiger charge is 2.48. The molecule has 1 spiro atoms. The van der Waals surface area contributed by atoms with Crippen LogP contribution in [0, 0.1) is 5.41 Å². The number of benzene rings is 1. The number of carbonyl (C=O) groups excluding carboxylic acids is 2. The fourth-order valence-electron chi connectivity index (χ4n) is 4.67. The van der Waals surface area contributed by atoms with Gasteiger partial charge in [-0.2, -0.15) is 0 Å². The lowest BCUT2D eigenvalue weighted by Gasteiger charge is -2.37. The van der Waals surface area contributed by atoms with Gasteiger partial charge in [0.15, 0.2) is 0 Å². The van der Waals surface area contributed by atoms with Gasteiger partial charge in [0.1, 0.15) is 12.4 Å². The molecule has 0 radical (unpaired) electrons. The van der Waals surface area contributed by atoms with Crippen molar-refractivity contribution in [1.29, 1.82) is 0 Å². The second kappa shape index (κ2) is 6.66. The number of hydrogen-bond donors (Lipinski definition) is 0. The molecule has 27 heavy (non-hydrogen) atoms. The number of carbonyl (C=O) groups is 2. The summed E-state index contributed by atoms with van der Waals surface area (Å²) in [6.07, 6.45) is 2.70. The number of rotatable bonds is 3. The Kier molecular flexibility index (Phi) is 4.44. The van der Waals surface area contributed by atoms with Gasteiger partial charge >= 0.3 is 0 Å². The molecule has 2 amide bonds. The van der Waals surface area contributed by atoms with Crippen LogP contribution >= 0.6 is 0 Å². The van der Waals surface area contributed by atoms with E-state index in [2.05, 4.69) is 13.8 Å². The van der Waals surface area contributed by atoms with Crippen molar-refractivity contribution in [2.24, 2.45) is 5.41 Å². The molecule has 2 aliphatic rings. The van der Waals surface area contributed by atoms with Crippen LogP contribution in [0.2, 0.25) is 0 Å². The summed E-state index contributed by atoms with van der Waals surface area (Å²) in [4.78, 5) is 34.3. The van der Waals surface area contributed by atoms with E-state index in [-0.39, 0.29) is 29.7 Å². The molecule has 144 valence electrons. The van der Waals surface area contributed by atoms with Crippen LogP contribution in [0.3, 0.4) is 0 Å². The summed E-state index contributed by atoms with van der Waals surface area (Å²) in [5.41, 5.74) is 1.56. The summed E-state index contributed by atoms with van der Waals surface area (Å²) < 4.78 is 2.04. The Labute approximate surface area is 160 Å². The lowest BCUT2D eigenvalue weighted by Crippen LogP contribution is -2.48. The molecule has 2 saturated heterocycles. The number of nitrogens with zero attached hydrogens (tertiary/aromatic N) is 4. The number of amides is 2. The first-order chi connectivity index (χ1) is 12.9. The number of para-hydroxylation sites is 2. The van der Waals surface area contributed by atoms with Crippen molar-refractivity contribution in [2.45, 2.75) is 45.6 Å². The molecule has 1 aromatic heterocycles. The van der Waals surface area contributed by atoms with Crippen molar-refractivity contribution < 1.29 is 9.59 Å². The van der Waals surface area contributed by atoms with E-state index in [1.807, 2.05) is 45.7 Å². The zero-order valence-electron chi connectivity index (χ0n) is 16.4. The van der Waals surface area contributed by atoms with E-state index in [0.29, 0.717) is 13.1 Å². The van der Waals surface area contributed by atoms with Crippen LogP contribution < -0.4 is 0 Å². The van der Waals surface area contributed by atoms with Gasteiger partial charge in [-0.15, -0.1) is 0 Å². The first-order valence-corrected chi connectivity index (χ1v) is 9.90. The summed E-state index contributed by atoms with van der Waals surface area (Å²) >= 11 is 0. The molecule has 2 aromatic rings. The molecular weight excluding hydrogens is 340 g/mol. The highest BCUT2D eigenvalue weighted by Crippen LogP contribution is 2.39. The van der Waals surface area contributed by atoms with Crippen molar-refractivity contribution >= 4 is 22.8 Å². The third-order valence-corrected chi connectivity index (χ3v) is 6.15. The van der Waals surface area contributed by atoms with Gasteiger partial charge in [0.05, 0.1) is 16.4 Å². The standard InChI is InChI=1S/C21H28N4O2/c1-15(2)19-22-16-7-4-5-8-17(16)25(19)13-18(26)24-12-10-21(14-24)9-6-11-23(3)20(21)27/h4-5,7-8,15H,6,9-14H2,1-3H3/t21-/m0/s1. The quantitative estimate of drug-likeness (QED) is 0.837. The van der Waals surface area contributed by atoms with Gasteiger partial charge in [-0.3, -0.25) is 9.59 Å². The number of likely N-dealkylation sites (tertiary alicyclic amines) is 2. The highest BCUT2D eigenvalue weighted by atomic mass is 16.2. The molecular formula is C21H28N4O2. The lowest BCUT2D eigenvalue weighted by molar-refractivity contribution is -0.144. The number of imidazole rings is 1. The molecule has 0 unspecified atom stereocenters. The van der Waals surface area contributed by atoms with Crippen LogP contribution in [0.4, 0.5) is 0 Å². The second-order valence-corrected chi connectivity index (χ2v) is 8.38. The van der Waals surface area contributed by atoms with Crippen LogP contribution in [-0.2, 0) is 16.1 Å². The van der Waals surface area contributed by atoms with Gasteiger partial charge in [-0.25, -0.2) is 4.98 Å². The molecule has 3 heterocycles. The smallest absolute Gasteiger partial charge is 0.242 e. The molecule has 1 atom stereocenters. The molecule has 0 aliphatic carbocycles. The van der Waals surface area contributed by atoms with E-state index in [1.165, 1.54) is 0 Å². The van der Waals surface area contributed by atoms with Gasteiger partial charge in [0, 0.05) is 32.6 Å². The number of fused-ring (bicyclic) bond motifs is 1. The SMILES string of the molecule is CC(C)c1nc2ccccc2n1CC(=O)N1CC[C@@]2(CCCN(C)C2=O)C1. The third-order valence-electron chi connectivity index (χ3n) is 6.15. The fraction of sp³-hybridized carbons (Fsp3) is 0.571.